The van der Waals surface area contributed by atoms with E-state index in [1.807, 2.05) is 0 Å². The predicted molar refractivity (Wildman–Crippen MR) is 101 cm³/mol. The van der Waals surface area contributed by atoms with Crippen LogP contribution < -0.4 is 4.74 Å². The van der Waals surface area contributed by atoms with E-state index < -0.39 is 16.6 Å². The van der Waals surface area contributed by atoms with Crippen LogP contribution >= 0.6 is 0 Å². The van der Waals surface area contributed by atoms with Crippen LogP contribution in [0.1, 0.15) is 47.9 Å². The molecule has 2 aromatic rings. The van der Waals surface area contributed by atoms with Crippen LogP contribution in [-0.2, 0) is 0 Å². The van der Waals surface area contributed by atoms with E-state index >= 15 is 0 Å². The number of nitro benzene ring substituents is 1. The van der Waals surface area contributed by atoms with Gasteiger partial charge in [0.15, 0.2) is 5.78 Å². The highest BCUT2D eigenvalue weighted by molar-refractivity contribution is 6.17. The van der Waals surface area contributed by atoms with Gasteiger partial charge in [0, 0.05) is 23.3 Å². The van der Waals surface area contributed by atoms with E-state index in [9.17, 15) is 20.0 Å². The molecule has 0 radical (unpaired) electrons. The van der Waals surface area contributed by atoms with E-state index in [1.165, 1.54) is 24.3 Å². The van der Waals surface area contributed by atoms with Crippen molar-refractivity contribution in [2.45, 2.75) is 31.9 Å². The number of rotatable bonds is 5. The Bertz CT molecular complexity index is 932. The Morgan fingerprint density at radius 1 is 1.26 bits per heavy atom. The molecule has 2 aromatic carbocycles. The summed E-state index contributed by atoms with van der Waals surface area (Å²) in [6, 6.07) is 10.8. The number of ketones is 1. The van der Waals surface area contributed by atoms with Crippen LogP contribution in [0.4, 0.5) is 5.69 Å². The first-order valence-electron chi connectivity index (χ1n) is 8.45. The number of nitrogens with zero attached hydrogens (tertiary/aromatic N) is 2. The molecule has 1 aliphatic rings. The molecule has 7 nitrogen and oxygen atoms in total. The second-order valence-electron chi connectivity index (χ2n) is 6.97. The van der Waals surface area contributed by atoms with Crippen molar-refractivity contribution in [3.05, 3.63) is 69.3 Å². The Labute approximate surface area is 156 Å². The molecule has 3 rings (SSSR count). The second-order valence-corrected chi connectivity index (χ2v) is 6.97. The smallest absolute Gasteiger partial charge is 0.269 e. The standard InChI is InChI=1S/C20H20N2O5/c1-20(2)19(24)15-9-8-14(27-3)10-16(15)17(21-20)11-18(23)12-4-6-13(7-5-12)22(25)26/h4-10,19,24H,11H2,1-3H3. The number of nitro groups is 1. The van der Waals surface area contributed by atoms with Gasteiger partial charge in [0.1, 0.15) is 11.9 Å². The number of non-ortho nitro benzene ring substituents is 1. The molecule has 0 spiro atoms. The highest BCUT2D eigenvalue weighted by atomic mass is 16.6. The van der Waals surface area contributed by atoms with Gasteiger partial charge in [0.25, 0.3) is 5.69 Å². The van der Waals surface area contributed by atoms with Crippen molar-refractivity contribution in [1.29, 1.82) is 0 Å². The maximum absolute atomic E-state index is 12.7. The minimum absolute atomic E-state index is 0.0220. The minimum atomic E-state index is -0.795. The van der Waals surface area contributed by atoms with Gasteiger partial charge in [-0.3, -0.25) is 19.9 Å². The largest absolute Gasteiger partial charge is 0.497 e. The maximum Gasteiger partial charge on any atom is 0.269 e. The lowest BCUT2D eigenvalue weighted by atomic mass is 9.82. The Kier molecular flexibility index (Phi) is 4.80. The lowest BCUT2D eigenvalue weighted by Gasteiger charge is -2.34. The fourth-order valence-electron chi connectivity index (χ4n) is 3.16. The van der Waals surface area contributed by atoms with Crippen molar-refractivity contribution in [3.63, 3.8) is 0 Å². The SMILES string of the molecule is COc1ccc2c(c1)C(CC(=O)c1ccc([N+](=O)[O-])cc1)=NC(C)(C)C2O. The molecule has 0 aromatic heterocycles. The monoisotopic (exact) mass is 368 g/mol. The number of carbonyl (C=O) groups is 1. The van der Waals surface area contributed by atoms with Gasteiger partial charge < -0.3 is 9.84 Å². The molecule has 0 bridgehead atoms. The average molecular weight is 368 g/mol. The highest BCUT2D eigenvalue weighted by Gasteiger charge is 2.36. The number of Topliss-reactive ketones (excluding diaryl/α,β-unsaturated/α-hetero) is 1. The Hall–Kier alpha value is -3.06. The maximum atomic E-state index is 12.7. The number of aliphatic imine (C=N–C) groups is 1. The average Bonchev–Trinajstić information content (AvgIpc) is 2.65. The van der Waals surface area contributed by atoms with E-state index in [0.29, 0.717) is 28.2 Å². The van der Waals surface area contributed by atoms with Gasteiger partial charge in [0.05, 0.1) is 29.7 Å². The lowest BCUT2D eigenvalue weighted by molar-refractivity contribution is -0.384. The summed E-state index contributed by atoms with van der Waals surface area (Å²) in [6.45, 7) is 3.61. The molecule has 0 saturated carbocycles. The number of benzene rings is 2. The molecule has 1 aliphatic heterocycles. The zero-order chi connectivity index (χ0) is 19.8. The van der Waals surface area contributed by atoms with Gasteiger partial charge >= 0.3 is 0 Å². The fraction of sp³-hybridized carbons (Fsp3) is 0.300. The van der Waals surface area contributed by atoms with E-state index in [2.05, 4.69) is 4.99 Å². The number of carbonyl (C=O) groups excluding carboxylic acids is 1. The van der Waals surface area contributed by atoms with Gasteiger partial charge in [0.2, 0.25) is 0 Å². The summed E-state index contributed by atoms with van der Waals surface area (Å²) in [4.78, 5) is 27.6. The number of fused-ring (bicyclic) bond motifs is 1. The van der Waals surface area contributed by atoms with Crippen molar-refractivity contribution in [3.8, 4) is 5.75 Å². The van der Waals surface area contributed by atoms with Crippen LogP contribution in [0.15, 0.2) is 47.5 Å². The summed E-state index contributed by atoms with van der Waals surface area (Å²) in [6.07, 6.45) is -0.773. The molecule has 0 amide bonds. The summed E-state index contributed by atoms with van der Waals surface area (Å²) in [7, 11) is 1.55. The third kappa shape index (κ3) is 3.59. The first-order chi connectivity index (χ1) is 12.7. The highest BCUT2D eigenvalue weighted by Crippen LogP contribution is 2.38. The molecular weight excluding hydrogens is 348 g/mol. The predicted octanol–water partition coefficient (Wildman–Crippen LogP) is 3.49. The third-order valence-electron chi connectivity index (χ3n) is 4.69. The van der Waals surface area contributed by atoms with Gasteiger partial charge in [-0.2, -0.15) is 0 Å². The summed E-state index contributed by atoms with van der Waals surface area (Å²) in [5.41, 5.74) is 1.46. The van der Waals surface area contributed by atoms with Crippen LogP contribution in [0.2, 0.25) is 0 Å². The third-order valence-corrected chi connectivity index (χ3v) is 4.69. The number of aliphatic hydroxyl groups is 1. The normalized spacial score (nSPS) is 17.6. The van der Waals surface area contributed by atoms with Crippen LogP contribution in [0.5, 0.6) is 5.75 Å². The number of hydrogen-bond acceptors (Lipinski definition) is 6. The first-order valence-corrected chi connectivity index (χ1v) is 8.45. The van der Waals surface area contributed by atoms with E-state index in [0.717, 1.165) is 0 Å². The zero-order valence-corrected chi connectivity index (χ0v) is 15.3. The minimum Gasteiger partial charge on any atom is -0.497 e. The van der Waals surface area contributed by atoms with Gasteiger partial charge in [-0.05, 0) is 43.7 Å². The van der Waals surface area contributed by atoms with Crippen molar-refractivity contribution in [2.24, 2.45) is 4.99 Å². The first kappa shape index (κ1) is 18.7. The molecule has 1 unspecified atom stereocenters. The molecule has 0 fully saturated rings. The van der Waals surface area contributed by atoms with Gasteiger partial charge in [-0.25, -0.2) is 0 Å². The lowest BCUT2D eigenvalue weighted by Crippen LogP contribution is -2.34. The second kappa shape index (κ2) is 6.92. The molecule has 1 heterocycles. The zero-order valence-electron chi connectivity index (χ0n) is 15.3. The summed E-state index contributed by atoms with van der Waals surface area (Å²) in [5, 5.41) is 21.4. The van der Waals surface area contributed by atoms with E-state index in [-0.39, 0.29) is 17.9 Å². The number of hydrogen-bond donors (Lipinski definition) is 1. The topological polar surface area (TPSA) is 102 Å². The number of methoxy groups -OCH3 is 1. The molecular formula is C20H20N2O5. The van der Waals surface area contributed by atoms with E-state index in [4.69, 9.17) is 4.74 Å². The molecule has 140 valence electrons. The number of ether oxygens (including phenoxy) is 1. The number of aliphatic hydroxyl groups excluding tert-OH is 1. The molecule has 1 N–H and O–H groups in total. The fourth-order valence-corrected chi connectivity index (χ4v) is 3.16. The molecule has 27 heavy (non-hydrogen) atoms. The van der Waals surface area contributed by atoms with Crippen LogP contribution in [-0.4, -0.2) is 34.2 Å². The summed E-state index contributed by atoms with van der Waals surface area (Å²) < 4.78 is 5.26. The Morgan fingerprint density at radius 3 is 2.52 bits per heavy atom. The van der Waals surface area contributed by atoms with Crippen molar-refractivity contribution in [2.75, 3.05) is 7.11 Å². The van der Waals surface area contributed by atoms with Crippen LogP contribution in [0.3, 0.4) is 0 Å². The quantitative estimate of drug-likeness (QED) is 0.494. The van der Waals surface area contributed by atoms with Crippen molar-refractivity contribution in [1.82, 2.24) is 0 Å². The molecule has 1 atom stereocenters. The summed E-state index contributed by atoms with van der Waals surface area (Å²) in [5.74, 6) is 0.403. The van der Waals surface area contributed by atoms with Crippen LogP contribution in [0.25, 0.3) is 0 Å². The molecule has 0 aliphatic carbocycles. The molecule has 0 saturated heterocycles. The van der Waals surface area contributed by atoms with Gasteiger partial charge in [-0.1, -0.05) is 6.07 Å². The van der Waals surface area contributed by atoms with Gasteiger partial charge in [-0.15, -0.1) is 0 Å². The van der Waals surface area contributed by atoms with Crippen molar-refractivity contribution >= 4 is 17.2 Å². The molecule has 7 heteroatoms. The Balaban J connectivity index is 1.95. The Morgan fingerprint density at radius 2 is 1.93 bits per heavy atom. The van der Waals surface area contributed by atoms with Crippen molar-refractivity contribution < 1.29 is 19.6 Å². The summed E-state index contributed by atoms with van der Waals surface area (Å²) >= 11 is 0. The van der Waals surface area contributed by atoms with E-state index in [1.54, 1.807) is 39.2 Å². The van der Waals surface area contributed by atoms with Crippen LogP contribution in [0, 0.1) is 10.1 Å².